The van der Waals surface area contributed by atoms with Crippen molar-refractivity contribution in [3.63, 3.8) is 0 Å². The molecule has 0 bridgehead atoms. The highest BCUT2D eigenvalue weighted by molar-refractivity contribution is 6.33. The number of nitro benzene ring substituents is 1. The molecular weight excluding hydrogens is 448 g/mol. The van der Waals surface area contributed by atoms with Crippen LogP contribution in [0.2, 0.25) is 5.02 Å². The molecule has 0 saturated carbocycles. The number of ether oxygens (including phenoxy) is 1. The molecule has 10 nitrogen and oxygen atoms in total. The molecule has 4 rings (SSSR count). The van der Waals surface area contributed by atoms with Crippen molar-refractivity contribution in [2.75, 3.05) is 38.2 Å². The first-order chi connectivity index (χ1) is 15.9. The van der Waals surface area contributed by atoms with E-state index in [1.165, 1.54) is 12.1 Å². The molecule has 172 valence electrons. The second-order valence-corrected chi connectivity index (χ2v) is 7.90. The number of piperazine rings is 1. The van der Waals surface area contributed by atoms with Gasteiger partial charge >= 0.3 is 0 Å². The Morgan fingerprint density at radius 1 is 1.15 bits per heavy atom. The summed E-state index contributed by atoms with van der Waals surface area (Å²) in [7, 11) is 1.59. The fraction of sp³-hybridized carbons (Fsp3) is 0.318. The van der Waals surface area contributed by atoms with Crippen LogP contribution >= 0.6 is 11.6 Å². The number of amides is 1. The summed E-state index contributed by atoms with van der Waals surface area (Å²) in [5, 5.41) is 19.7. The van der Waals surface area contributed by atoms with Crippen LogP contribution in [0.4, 0.5) is 11.4 Å². The molecule has 1 fully saturated rings. The van der Waals surface area contributed by atoms with Gasteiger partial charge in [0.2, 0.25) is 0 Å². The maximum atomic E-state index is 13.3. The van der Waals surface area contributed by atoms with E-state index in [0.717, 1.165) is 5.69 Å². The van der Waals surface area contributed by atoms with E-state index in [1.807, 2.05) is 36.1 Å². The highest BCUT2D eigenvalue weighted by Crippen LogP contribution is 2.31. The number of carbonyl (C=O) groups is 1. The minimum absolute atomic E-state index is 0.0530. The molecule has 0 atom stereocenters. The van der Waals surface area contributed by atoms with E-state index in [9.17, 15) is 14.9 Å². The number of non-ortho nitro benzene ring substituents is 1. The molecule has 3 aromatic rings. The van der Waals surface area contributed by atoms with E-state index in [2.05, 4.69) is 10.3 Å². The summed E-state index contributed by atoms with van der Waals surface area (Å²) in [6.45, 7) is 3.99. The molecular formula is C22H23ClN6O4. The van der Waals surface area contributed by atoms with Crippen LogP contribution in [0.25, 0.3) is 5.69 Å². The second kappa shape index (κ2) is 9.45. The summed E-state index contributed by atoms with van der Waals surface area (Å²) in [5.74, 6) is 0.465. The average molecular weight is 471 g/mol. The molecule has 2 heterocycles. The number of methoxy groups -OCH3 is 1. The van der Waals surface area contributed by atoms with Crippen molar-refractivity contribution in [2.45, 2.75) is 13.3 Å². The van der Waals surface area contributed by atoms with E-state index in [0.29, 0.717) is 60.4 Å². The van der Waals surface area contributed by atoms with Gasteiger partial charge in [-0.2, -0.15) is 0 Å². The first-order valence-electron chi connectivity index (χ1n) is 10.5. The number of hydrogen-bond acceptors (Lipinski definition) is 7. The molecule has 11 heteroatoms. The molecule has 2 aromatic carbocycles. The largest absolute Gasteiger partial charge is 0.494 e. The van der Waals surface area contributed by atoms with Crippen LogP contribution in [0.1, 0.15) is 23.1 Å². The molecule has 0 N–H and O–H groups in total. The first-order valence-corrected chi connectivity index (χ1v) is 10.9. The summed E-state index contributed by atoms with van der Waals surface area (Å²) in [4.78, 5) is 27.5. The van der Waals surface area contributed by atoms with Gasteiger partial charge in [0.1, 0.15) is 11.4 Å². The van der Waals surface area contributed by atoms with E-state index in [-0.39, 0.29) is 11.6 Å². The molecule has 0 aliphatic carbocycles. The van der Waals surface area contributed by atoms with Gasteiger partial charge in [-0.05, 0) is 24.6 Å². The summed E-state index contributed by atoms with van der Waals surface area (Å²) in [5.41, 5.74) is 2.42. The number of nitro groups is 1. The fourth-order valence-corrected chi connectivity index (χ4v) is 4.24. The highest BCUT2D eigenvalue weighted by Gasteiger charge is 2.28. The number of benzene rings is 2. The van der Waals surface area contributed by atoms with Crippen molar-refractivity contribution in [3.05, 3.63) is 69.0 Å². The molecule has 33 heavy (non-hydrogen) atoms. The predicted octanol–water partition coefficient (Wildman–Crippen LogP) is 3.36. The first kappa shape index (κ1) is 22.5. The SMILES string of the molecule is CCc1c(C(=O)N2CCN(c3ccc([N+](=O)[O-])cc3Cl)CC2)nnn1-c1ccccc1OC. The molecule has 1 aliphatic heterocycles. The number of aromatic nitrogens is 3. The fourth-order valence-electron chi connectivity index (χ4n) is 3.95. The van der Waals surface area contributed by atoms with Gasteiger partial charge in [0.25, 0.3) is 11.6 Å². The number of rotatable bonds is 6. The number of hydrogen-bond donors (Lipinski definition) is 0. The van der Waals surface area contributed by atoms with E-state index < -0.39 is 4.92 Å². The standard InChI is InChI=1S/C22H23ClN6O4/c1-3-17-21(24-25-28(17)19-6-4-5-7-20(19)33-2)22(30)27-12-10-26(11-13-27)18-9-8-15(29(31)32)14-16(18)23/h4-9,14H,3,10-13H2,1-2H3. The molecule has 0 unspecified atom stereocenters. The predicted molar refractivity (Wildman–Crippen MR) is 124 cm³/mol. The topological polar surface area (TPSA) is 107 Å². The van der Waals surface area contributed by atoms with Gasteiger partial charge in [0, 0.05) is 38.3 Å². The van der Waals surface area contributed by atoms with Crippen LogP contribution in [0.15, 0.2) is 42.5 Å². The lowest BCUT2D eigenvalue weighted by molar-refractivity contribution is -0.384. The molecule has 1 saturated heterocycles. The van der Waals surface area contributed by atoms with Gasteiger partial charge in [0.05, 0.1) is 28.4 Å². The third-order valence-electron chi connectivity index (χ3n) is 5.66. The van der Waals surface area contributed by atoms with Crippen molar-refractivity contribution in [3.8, 4) is 11.4 Å². The molecule has 0 spiro atoms. The summed E-state index contributed by atoms with van der Waals surface area (Å²) >= 11 is 6.27. The number of anilines is 1. The maximum Gasteiger partial charge on any atom is 0.276 e. The van der Waals surface area contributed by atoms with Crippen molar-refractivity contribution < 1.29 is 14.5 Å². The lowest BCUT2D eigenvalue weighted by Gasteiger charge is -2.36. The van der Waals surface area contributed by atoms with Crippen LogP contribution in [-0.2, 0) is 6.42 Å². The molecule has 0 radical (unpaired) electrons. The van der Waals surface area contributed by atoms with E-state index in [4.69, 9.17) is 16.3 Å². The van der Waals surface area contributed by atoms with Gasteiger partial charge in [0.15, 0.2) is 5.69 Å². The average Bonchev–Trinajstić information content (AvgIpc) is 3.27. The van der Waals surface area contributed by atoms with Crippen LogP contribution in [0.5, 0.6) is 5.75 Å². The Kier molecular flexibility index (Phi) is 6.45. The van der Waals surface area contributed by atoms with Gasteiger partial charge in [-0.15, -0.1) is 5.10 Å². The third-order valence-corrected chi connectivity index (χ3v) is 5.97. The zero-order valence-electron chi connectivity index (χ0n) is 18.3. The Balaban J connectivity index is 1.51. The Labute approximate surface area is 195 Å². The van der Waals surface area contributed by atoms with Crippen molar-refractivity contribution >= 4 is 28.9 Å². The lowest BCUT2D eigenvalue weighted by atomic mass is 10.2. The third kappa shape index (κ3) is 4.34. The summed E-state index contributed by atoms with van der Waals surface area (Å²) < 4.78 is 7.08. The summed E-state index contributed by atoms with van der Waals surface area (Å²) in [6, 6.07) is 11.9. The van der Waals surface area contributed by atoms with Gasteiger partial charge < -0.3 is 14.5 Å². The number of halogens is 1. The maximum absolute atomic E-state index is 13.3. The van der Waals surface area contributed by atoms with Gasteiger partial charge in [-0.1, -0.05) is 35.9 Å². The van der Waals surface area contributed by atoms with Crippen LogP contribution in [0.3, 0.4) is 0 Å². The Hall–Kier alpha value is -3.66. The quantitative estimate of drug-likeness (QED) is 0.401. The van der Waals surface area contributed by atoms with Gasteiger partial charge in [-0.3, -0.25) is 14.9 Å². The van der Waals surface area contributed by atoms with Crippen molar-refractivity contribution in [2.24, 2.45) is 0 Å². The Bertz CT molecular complexity index is 1190. The zero-order valence-corrected chi connectivity index (χ0v) is 19.0. The van der Waals surface area contributed by atoms with Crippen LogP contribution < -0.4 is 9.64 Å². The minimum atomic E-state index is -0.476. The van der Waals surface area contributed by atoms with Crippen LogP contribution in [0, 0.1) is 10.1 Å². The highest BCUT2D eigenvalue weighted by atomic mass is 35.5. The molecule has 1 aliphatic rings. The minimum Gasteiger partial charge on any atom is -0.494 e. The Morgan fingerprint density at radius 2 is 1.88 bits per heavy atom. The number of para-hydroxylation sites is 2. The zero-order chi connectivity index (χ0) is 23.5. The number of nitrogens with zero attached hydrogens (tertiary/aromatic N) is 6. The smallest absolute Gasteiger partial charge is 0.276 e. The molecule has 1 amide bonds. The molecule has 1 aromatic heterocycles. The van der Waals surface area contributed by atoms with E-state index in [1.54, 1.807) is 22.8 Å². The van der Waals surface area contributed by atoms with E-state index >= 15 is 0 Å². The normalized spacial score (nSPS) is 13.8. The monoisotopic (exact) mass is 470 g/mol. The lowest BCUT2D eigenvalue weighted by Crippen LogP contribution is -2.49. The number of carbonyl (C=O) groups excluding carboxylic acids is 1. The van der Waals surface area contributed by atoms with Crippen LogP contribution in [-0.4, -0.2) is 64.0 Å². The van der Waals surface area contributed by atoms with Crippen molar-refractivity contribution in [1.82, 2.24) is 19.9 Å². The van der Waals surface area contributed by atoms with Crippen molar-refractivity contribution in [1.29, 1.82) is 0 Å². The second-order valence-electron chi connectivity index (χ2n) is 7.49. The summed E-state index contributed by atoms with van der Waals surface area (Å²) in [6.07, 6.45) is 0.574. The Morgan fingerprint density at radius 3 is 2.52 bits per heavy atom. The van der Waals surface area contributed by atoms with Gasteiger partial charge in [-0.25, -0.2) is 4.68 Å².